The average Bonchev–Trinajstić information content (AvgIpc) is 2.60. The van der Waals surface area contributed by atoms with Crippen LogP contribution in [0, 0.1) is 21.7 Å². The molecule has 0 aromatic heterocycles. The largest absolute Gasteiger partial charge is 0.0920 e. The summed E-state index contributed by atoms with van der Waals surface area (Å²) in [5.74, 6) is -0.171. The van der Waals surface area contributed by atoms with E-state index in [4.69, 9.17) is 0 Å². The van der Waals surface area contributed by atoms with Crippen LogP contribution in [-0.4, -0.2) is 19.6 Å². The van der Waals surface area contributed by atoms with Gasteiger partial charge in [0.05, 0.1) is 9.79 Å². The molecule has 7 heteroatoms. The lowest BCUT2D eigenvalue weighted by Crippen LogP contribution is -2.53. The van der Waals surface area contributed by atoms with Crippen LogP contribution in [0.15, 0.2) is 0 Å². The smallest absolute Gasteiger partial charge is 0.0521 e. The second-order valence-corrected chi connectivity index (χ2v) is 32.0. The molecule has 5 saturated heterocycles. The van der Waals surface area contributed by atoms with Gasteiger partial charge in [-0.05, 0) is 50.9 Å². The summed E-state index contributed by atoms with van der Waals surface area (Å²) >= 11 is 11.5. The van der Waals surface area contributed by atoms with Crippen molar-refractivity contribution in [3.63, 3.8) is 0 Å². The van der Waals surface area contributed by atoms with Crippen molar-refractivity contribution in [2.75, 3.05) is 0 Å². The lowest BCUT2D eigenvalue weighted by molar-refractivity contribution is 0.253. The molecule has 6 bridgehead atoms. The lowest BCUT2D eigenvalue weighted by atomic mass is 9.78. The molecule has 0 saturated carbocycles. The quantitative estimate of drug-likeness (QED) is 0.252. The van der Waals surface area contributed by atoms with E-state index in [1.54, 1.807) is 0 Å². The van der Waals surface area contributed by atoms with Crippen LogP contribution in [0.3, 0.4) is 0 Å². The topological polar surface area (TPSA) is 0 Å². The summed E-state index contributed by atoms with van der Waals surface area (Å²) in [7, 11) is -0.119. The van der Waals surface area contributed by atoms with E-state index in [1.807, 2.05) is 0 Å². The Balaban J connectivity index is 2.19. The number of rotatable bonds is 0. The van der Waals surface area contributed by atoms with Crippen LogP contribution in [0.4, 0.5) is 0 Å². The molecule has 0 amide bonds. The Labute approximate surface area is 192 Å². The summed E-state index contributed by atoms with van der Waals surface area (Å²) in [6.07, 6.45) is 0. The van der Waals surface area contributed by atoms with Gasteiger partial charge in [0.25, 0.3) is 0 Å². The van der Waals surface area contributed by atoms with Crippen molar-refractivity contribution in [1.29, 1.82) is 0 Å². The molecule has 5 rings (SSSR count). The third kappa shape index (κ3) is 1.85. The molecule has 0 radical (unpaired) electrons. The molecule has 4 unspecified atom stereocenters. The van der Waals surface area contributed by atoms with Gasteiger partial charge in [-0.1, -0.05) is 117 Å². The van der Waals surface area contributed by atoms with Gasteiger partial charge in [-0.15, -0.1) is 0 Å². The third-order valence-corrected chi connectivity index (χ3v) is 44.7. The van der Waals surface area contributed by atoms with Gasteiger partial charge in [-0.25, -0.2) is 0 Å². The zero-order valence-electron chi connectivity index (χ0n) is 19.0. The summed E-state index contributed by atoms with van der Waals surface area (Å²) in [6, 6.07) is 0. The Morgan fingerprint density at radius 2 is 0.926 bits per heavy atom. The molecule has 156 valence electrons. The first-order chi connectivity index (χ1) is 11.8. The molecule has 0 aliphatic carbocycles. The highest BCUT2D eigenvalue weighted by molar-refractivity contribution is 9.52. The second kappa shape index (κ2) is 5.56. The highest BCUT2D eigenvalue weighted by Crippen LogP contribution is 3.36. The Kier molecular flexibility index (Phi) is 4.78. The molecular weight excluding hydrogens is 556 g/mol. The third-order valence-electron chi connectivity index (χ3n) is 7.64. The van der Waals surface area contributed by atoms with Gasteiger partial charge in [-0.2, -0.15) is 0 Å². The Morgan fingerprint density at radius 3 is 1.22 bits per heavy atom. The minimum absolute atomic E-state index is 0.0359. The standard InChI is InChI=1S/C20H36Br2P4S/c1-13(2,3)17-18(14(4,5)6)23(17)19(15(7,8)9)20(24(17)21,16(10,11)12)25(18)27-26(19)22/h1-12H3/t17-,18+,19-,20-,23?,24?,25?,26?/m1/s1. The first-order valence-corrected chi connectivity index (χ1v) is 21.4. The van der Waals surface area contributed by atoms with Gasteiger partial charge in [0, 0.05) is 15.6 Å². The normalized spacial score (nSPS) is 54.0. The first kappa shape index (κ1) is 23.2. The number of hydrogen-bond donors (Lipinski definition) is 0. The van der Waals surface area contributed by atoms with E-state index in [1.165, 1.54) is 0 Å². The lowest BCUT2D eigenvalue weighted by Gasteiger charge is -2.56. The van der Waals surface area contributed by atoms with Crippen LogP contribution >= 0.6 is 69.5 Å². The highest BCUT2D eigenvalue weighted by atomic mass is 79.9. The van der Waals surface area contributed by atoms with E-state index >= 15 is 0 Å². The van der Waals surface area contributed by atoms with Gasteiger partial charge in [0.1, 0.15) is 0 Å². The molecule has 0 nitrogen and oxygen atoms in total. The van der Waals surface area contributed by atoms with E-state index < -0.39 is 0 Å². The van der Waals surface area contributed by atoms with E-state index in [-0.39, 0.29) is 27.5 Å². The maximum Gasteiger partial charge on any atom is 0.0521 e. The summed E-state index contributed by atoms with van der Waals surface area (Å²) < 4.78 is 0. The van der Waals surface area contributed by atoms with Gasteiger partial charge < -0.3 is 0 Å². The molecule has 5 heterocycles. The molecule has 27 heavy (non-hydrogen) atoms. The van der Waals surface area contributed by atoms with E-state index in [0.29, 0.717) is 41.2 Å². The summed E-state index contributed by atoms with van der Waals surface area (Å²) in [6.45, 7) is 30.9. The second-order valence-electron chi connectivity index (χ2n) is 12.9. The minimum atomic E-state index is -0.217. The van der Waals surface area contributed by atoms with E-state index in [0.717, 1.165) is 0 Å². The van der Waals surface area contributed by atoms with Crippen molar-refractivity contribution in [2.45, 2.75) is 103 Å². The Morgan fingerprint density at radius 1 is 0.556 bits per heavy atom. The molecule has 5 aliphatic rings. The minimum Gasteiger partial charge on any atom is -0.0920 e. The van der Waals surface area contributed by atoms with E-state index in [9.17, 15) is 0 Å². The van der Waals surface area contributed by atoms with Gasteiger partial charge >= 0.3 is 0 Å². The van der Waals surface area contributed by atoms with Crippen LogP contribution in [0.25, 0.3) is 0 Å². The van der Waals surface area contributed by atoms with Crippen molar-refractivity contribution in [3.05, 3.63) is 0 Å². The fraction of sp³-hybridized carbons (Fsp3) is 1.00. The van der Waals surface area contributed by atoms with Gasteiger partial charge in [-0.3, -0.25) is 0 Å². The molecule has 0 N–H and O–H groups in total. The van der Waals surface area contributed by atoms with Crippen molar-refractivity contribution < 1.29 is 0 Å². The average molecular weight is 592 g/mol. The van der Waals surface area contributed by atoms with Crippen molar-refractivity contribution in [1.82, 2.24) is 0 Å². The molecule has 8 atom stereocenters. The predicted octanol–water partition coefficient (Wildman–Crippen LogP) is 11.1. The Bertz CT molecular complexity index is 683. The van der Waals surface area contributed by atoms with Crippen LogP contribution in [0.5, 0.6) is 0 Å². The van der Waals surface area contributed by atoms with Crippen molar-refractivity contribution in [3.8, 4) is 0 Å². The SMILES string of the molecule is CC(C)(C)[C@@]12P(Br)SP3[C@@]1(C(C)(C)C)P(Br)[C@@]1(C(C)(C)C)P2[C@@]31C(C)(C)C. The maximum absolute atomic E-state index is 4.62. The molecule has 0 aromatic carbocycles. The predicted molar refractivity (Wildman–Crippen MR) is 142 cm³/mol. The molecule has 5 fully saturated rings. The van der Waals surface area contributed by atoms with Crippen LogP contribution in [-0.2, 0) is 0 Å². The Hall–Kier alpha value is 3.03. The van der Waals surface area contributed by atoms with Crippen molar-refractivity contribution >= 4 is 69.5 Å². The molecular formula is C20H36Br2P4S. The van der Waals surface area contributed by atoms with Crippen molar-refractivity contribution in [2.24, 2.45) is 21.7 Å². The summed E-state index contributed by atoms with van der Waals surface area (Å²) in [5.41, 5.74) is 1.45. The number of halogens is 2. The van der Waals surface area contributed by atoms with Crippen LogP contribution < -0.4 is 0 Å². The van der Waals surface area contributed by atoms with Crippen LogP contribution in [0.1, 0.15) is 83.1 Å². The number of hydrogen-bond acceptors (Lipinski definition) is 1. The van der Waals surface area contributed by atoms with Gasteiger partial charge in [0.2, 0.25) is 0 Å². The fourth-order valence-electron chi connectivity index (χ4n) is 7.25. The summed E-state index contributed by atoms with van der Waals surface area (Å²) in [4.78, 5) is 2.08. The van der Waals surface area contributed by atoms with Crippen LogP contribution in [0.2, 0.25) is 0 Å². The zero-order valence-corrected chi connectivity index (χ0v) is 26.5. The highest BCUT2D eigenvalue weighted by Gasteiger charge is 3.11. The van der Waals surface area contributed by atoms with E-state index in [2.05, 4.69) is 125 Å². The first-order valence-electron chi connectivity index (χ1n) is 9.99. The fourth-order valence-corrected chi connectivity index (χ4v) is 66.4. The monoisotopic (exact) mass is 590 g/mol. The molecule has 0 spiro atoms. The van der Waals surface area contributed by atoms with Gasteiger partial charge in [0.15, 0.2) is 0 Å². The molecule has 5 aliphatic heterocycles. The zero-order chi connectivity index (χ0) is 21.0. The maximum atomic E-state index is 4.62. The summed E-state index contributed by atoms with van der Waals surface area (Å²) in [5, 5.41) is 0. The molecule has 0 aromatic rings.